The van der Waals surface area contributed by atoms with E-state index in [-0.39, 0.29) is 0 Å². The molecule has 0 amide bonds. The number of H-pyrrole nitrogens is 1. The molecule has 0 spiro atoms. The number of nitrogens with one attached hydrogen (secondary N) is 2. The van der Waals surface area contributed by atoms with Gasteiger partial charge in [-0.1, -0.05) is 58.4 Å². The highest BCUT2D eigenvalue weighted by Gasteiger charge is 2.08. The van der Waals surface area contributed by atoms with Crippen LogP contribution in [0.1, 0.15) is 5.56 Å². The van der Waals surface area contributed by atoms with Gasteiger partial charge in [-0.25, -0.2) is 9.77 Å². The van der Waals surface area contributed by atoms with E-state index in [0.717, 1.165) is 21.4 Å². The summed E-state index contributed by atoms with van der Waals surface area (Å²) in [5.74, 6) is 0.774. The molecule has 0 aliphatic carbocycles. The van der Waals surface area contributed by atoms with E-state index in [2.05, 4.69) is 43.7 Å². The van der Waals surface area contributed by atoms with Crippen molar-refractivity contribution in [2.75, 3.05) is 5.43 Å². The van der Waals surface area contributed by atoms with Crippen LogP contribution in [0.5, 0.6) is 0 Å². The molecule has 0 aliphatic rings. The second-order valence-corrected chi connectivity index (χ2v) is 5.82. The zero-order chi connectivity index (χ0) is 14.7. The number of hydrogen-bond acceptors (Lipinski definition) is 3. The lowest BCUT2D eigenvalue weighted by atomic mass is 10.2. The highest BCUT2D eigenvalue weighted by Crippen LogP contribution is 2.16. The summed E-state index contributed by atoms with van der Waals surface area (Å²) >= 11 is 8.76. The van der Waals surface area contributed by atoms with Crippen LogP contribution in [0.3, 0.4) is 0 Å². The summed E-state index contributed by atoms with van der Waals surface area (Å²) in [7, 11) is 0. The maximum absolute atomic E-state index is 5.29. The van der Waals surface area contributed by atoms with Crippen molar-refractivity contribution in [3.63, 3.8) is 0 Å². The number of halogens is 1. The van der Waals surface area contributed by atoms with E-state index in [1.54, 1.807) is 4.68 Å². The number of aromatic nitrogens is 3. The average Bonchev–Trinajstić information content (AvgIpc) is 2.87. The number of aromatic amines is 1. The first-order valence-electron chi connectivity index (χ1n) is 6.45. The average molecular weight is 361 g/mol. The monoisotopic (exact) mass is 360 g/mol. The highest BCUT2D eigenvalue weighted by atomic mass is 79.9. The molecule has 4 nitrogen and oxygen atoms in total. The summed E-state index contributed by atoms with van der Waals surface area (Å²) in [5, 5.41) is 7.12. The third kappa shape index (κ3) is 3.22. The molecule has 0 atom stereocenters. The molecule has 1 heterocycles. The van der Waals surface area contributed by atoms with Crippen LogP contribution in [-0.2, 0) is 6.54 Å². The number of nitrogens with zero attached hydrogens (tertiary/aromatic N) is 2. The molecule has 0 saturated carbocycles. The Bertz CT molecular complexity index is 795. The van der Waals surface area contributed by atoms with E-state index in [4.69, 9.17) is 12.2 Å². The van der Waals surface area contributed by atoms with E-state index in [1.807, 2.05) is 42.5 Å². The second kappa shape index (κ2) is 6.24. The first-order chi connectivity index (χ1) is 10.2. The molecule has 0 radical (unpaired) electrons. The highest BCUT2D eigenvalue weighted by molar-refractivity contribution is 9.10. The molecule has 2 aromatic carbocycles. The summed E-state index contributed by atoms with van der Waals surface area (Å²) in [6.45, 7) is 0.660. The molecule has 106 valence electrons. The van der Waals surface area contributed by atoms with E-state index in [0.29, 0.717) is 11.3 Å². The van der Waals surface area contributed by atoms with Crippen molar-refractivity contribution in [1.82, 2.24) is 14.9 Å². The molecule has 0 fully saturated rings. The van der Waals surface area contributed by atoms with Gasteiger partial charge in [-0.05, 0) is 29.9 Å². The molecule has 1 aromatic heterocycles. The Morgan fingerprint density at radius 1 is 1.14 bits per heavy atom. The summed E-state index contributed by atoms with van der Waals surface area (Å²) in [6.07, 6.45) is 0. The Labute approximate surface area is 135 Å². The van der Waals surface area contributed by atoms with Crippen molar-refractivity contribution < 1.29 is 0 Å². The fourth-order valence-corrected chi connectivity index (χ4v) is 2.69. The molecule has 2 N–H and O–H groups in total. The molecule has 3 rings (SSSR count). The van der Waals surface area contributed by atoms with Gasteiger partial charge >= 0.3 is 0 Å². The summed E-state index contributed by atoms with van der Waals surface area (Å²) < 4.78 is 3.40. The van der Waals surface area contributed by atoms with Crippen molar-refractivity contribution in [2.24, 2.45) is 0 Å². The van der Waals surface area contributed by atoms with Gasteiger partial charge in [0, 0.05) is 10.0 Å². The van der Waals surface area contributed by atoms with Crippen LogP contribution in [0.15, 0.2) is 59.1 Å². The Morgan fingerprint density at radius 2 is 1.95 bits per heavy atom. The molecule has 0 saturated heterocycles. The quantitative estimate of drug-likeness (QED) is 0.688. The Hall–Kier alpha value is -1.92. The topological polar surface area (TPSA) is 45.6 Å². The number of rotatable bonds is 4. The normalized spacial score (nSPS) is 10.5. The van der Waals surface area contributed by atoms with Gasteiger partial charge < -0.3 is 5.43 Å². The minimum absolute atomic E-state index is 0.545. The molecular weight excluding hydrogens is 348 g/mol. The lowest BCUT2D eigenvalue weighted by Gasteiger charge is -2.10. The van der Waals surface area contributed by atoms with Gasteiger partial charge in [-0.3, -0.25) is 0 Å². The van der Waals surface area contributed by atoms with Gasteiger partial charge in [0.25, 0.3) is 0 Å². The Kier molecular flexibility index (Phi) is 4.17. The smallest absolute Gasteiger partial charge is 0.214 e. The first-order valence-corrected chi connectivity index (χ1v) is 7.65. The summed E-state index contributed by atoms with van der Waals surface area (Å²) in [5.41, 5.74) is 5.47. The molecule has 3 aromatic rings. The van der Waals surface area contributed by atoms with Crippen LogP contribution >= 0.6 is 28.1 Å². The van der Waals surface area contributed by atoms with Gasteiger partial charge in [-0.2, -0.15) is 5.10 Å². The molecule has 0 unspecified atom stereocenters. The van der Waals surface area contributed by atoms with Crippen molar-refractivity contribution in [1.29, 1.82) is 0 Å². The van der Waals surface area contributed by atoms with Gasteiger partial charge in [0.2, 0.25) is 4.77 Å². The molecule has 21 heavy (non-hydrogen) atoms. The first kappa shape index (κ1) is 14.0. The molecule has 6 heteroatoms. The lowest BCUT2D eigenvalue weighted by Crippen LogP contribution is -2.15. The molecule has 0 aliphatic heterocycles. The number of benzene rings is 2. The maximum Gasteiger partial charge on any atom is 0.214 e. The SMILES string of the molecule is S=c1[nH]nc(-c2ccccc2)n1NCc1cccc(Br)c1. The van der Waals surface area contributed by atoms with Gasteiger partial charge in [-0.15, -0.1) is 0 Å². The summed E-state index contributed by atoms with van der Waals surface area (Å²) in [6, 6.07) is 18.1. The zero-order valence-corrected chi connectivity index (χ0v) is 13.5. The van der Waals surface area contributed by atoms with Gasteiger partial charge in [0.05, 0.1) is 6.54 Å². The zero-order valence-electron chi connectivity index (χ0n) is 11.1. The molecular formula is C15H13BrN4S. The van der Waals surface area contributed by atoms with Crippen LogP contribution in [0, 0.1) is 4.77 Å². The Morgan fingerprint density at radius 3 is 2.71 bits per heavy atom. The van der Waals surface area contributed by atoms with Crippen LogP contribution in [-0.4, -0.2) is 14.9 Å². The predicted molar refractivity (Wildman–Crippen MR) is 90.1 cm³/mol. The van der Waals surface area contributed by atoms with Gasteiger partial charge in [0.1, 0.15) is 0 Å². The van der Waals surface area contributed by atoms with Crippen molar-refractivity contribution in [3.8, 4) is 11.4 Å². The van der Waals surface area contributed by atoms with Crippen molar-refractivity contribution in [2.45, 2.75) is 6.54 Å². The van der Waals surface area contributed by atoms with E-state index >= 15 is 0 Å². The van der Waals surface area contributed by atoms with Gasteiger partial charge in [0.15, 0.2) is 5.82 Å². The van der Waals surface area contributed by atoms with Crippen LogP contribution < -0.4 is 5.43 Å². The Balaban J connectivity index is 1.86. The van der Waals surface area contributed by atoms with Crippen molar-refractivity contribution >= 4 is 28.1 Å². The minimum atomic E-state index is 0.545. The van der Waals surface area contributed by atoms with Crippen LogP contribution in [0.4, 0.5) is 0 Å². The maximum atomic E-state index is 5.29. The third-order valence-corrected chi connectivity index (χ3v) is 3.80. The van der Waals surface area contributed by atoms with E-state index < -0.39 is 0 Å². The second-order valence-electron chi connectivity index (χ2n) is 4.52. The third-order valence-electron chi connectivity index (χ3n) is 3.03. The van der Waals surface area contributed by atoms with E-state index in [9.17, 15) is 0 Å². The molecule has 0 bridgehead atoms. The van der Waals surface area contributed by atoms with Crippen molar-refractivity contribution in [3.05, 3.63) is 69.4 Å². The lowest BCUT2D eigenvalue weighted by molar-refractivity contribution is 0.831. The van der Waals surface area contributed by atoms with Crippen LogP contribution in [0.25, 0.3) is 11.4 Å². The largest absolute Gasteiger partial charge is 0.317 e. The summed E-state index contributed by atoms with van der Waals surface area (Å²) in [4.78, 5) is 0. The van der Waals surface area contributed by atoms with E-state index in [1.165, 1.54) is 0 Å². The fraction of sp³-hybridized carbons (Fsp3) is 0.0667. The standard InChI is InChI=1S/C15H13BrN4S/c16-13-8-4-5-11(9-13)10-17-20-14(18-19-15(20)21)12-6-2-1-3-7-12/h1-9,17H,10H2,(H,19,21). The minimum Gasteiger partial charge on any atom is -0.317 e. The fourth-order valence-electron chi connectivity index (χ4n) is 2.04. The number of hydrogen-bond donors (Lipinski definition) is 2. The predicted octanol–water partition coefficient (Wildman–Crippen LogP) is 4.11. The van der Waals surface area contributed by atoms with Crippen LogP contribution in [0.2, 0.25) is 0 Å².